The molecule has 1 fully saturated rings. The molecule has 0 bridgehead atoms. The molecule has 42 heavy (non-hydrogen) atoms. The van der Waals surface area contributed by atoms with Crippen molar-refractivity contribution in [3.8, 4) is 10.6 Å². The first-order chi connectivity index (χ1) is 19.7. The van der Waals surface area contributed by atoms with Gasteiger partial charge in [-0.15, -0.1) is 0 Å². The zero-order valence-corrected chi connectivity index (χ0v) is 24.1. The van der Waals surface area contributed by atoms with E-state index in [4.69, 9.17) is 9.84 Å². The second-order valence-electron chi connectivity index (χ2n) is 10.6. The molecule has 1 saturated heterocycles. The quantitative estimate of drug-likeness (QED) is 0.278. The summed E-state index contributed by atoms with van der Waals surface area (Å²) in [6, 6.07) is 2.63. The van der Waals surface area contributed by atoms with Crippen molar-refractivity contribution in [2.24, 2.45) is 7.05 Å². The van der Waals surface area contributed by atoms with Crippen molar-refractivity contribution < 1.29 is 38.1 Å². The number of thiazole rings is 1. The van der Waals surface area contributed by atoms with Gasteiger partial charge in [0.1, 0.15) is 32.9 Å². The van der Waals surface area contributed by atoms with Gasteiger partial charge in [-0.25, -0.2) is 23.4 Å². The molecule has 0 spiro atoms. The van der Waals surface area contributed by atoms with E-state index in [1.807, 2.05) is 4.90 Å². The van der Waals surface area contributed by atoms with Crippen LogP contribution in [0.3, 0.4) is 0 Å². The van der Waals surface area contributed by atoms with E-state index >= 15 is 0 Å². The number of halogens is 2. The van der Waals surface area contributed by atoms with E-state index in [-0.39, 0.29) is 27.8 Å². The first-order valence-corrected chi connectivity index (χ1v) is 13.8. The number of nitrogens with one attached hydrogen (secondary N) is 3. The standard InChI is InChI=1S/C26H31F2N7O6S/c1-26(2,3)41-25(40)33-22-19(32-21(42-22)18-13(27)6-5-7-14(18)28)20(37)30-16-12-29-34(4)23(16)35-10-8-15(31-24(38)39)17(36)9-11-35/h5-7,12,15,17,31,36H,8-11H2,1-4H3,(H,30,37)(H,33,40)(H,38,39)/t15-,17+/m1/s1. The first-order valence-electron chi connectivity index (χ1n) is 12.9. The van der Waals surface area contributed by atoms with Crippen LogP contribution in [-0.4, -0.2) is 73.9 Å². The molecule has 1 aliphatic rings. The number of nitrogens with zero attached hydrogens (tertiary/aromatic N) is 4. The van der Waals surface area contributed by atoms with Gasteiger partial charge in [0.2, 0.25) is 0 Å². The molecule has 3 amide bonds. The Morgan fingerprint density at radius 3 is 2.43 bits per heavy atom. The Bertz CT molecular complexity index is 1470. The molecule has 0 saturated carbocycles. The molecule has 1 aromatic carbocycles. The number of aliphatic hydroxyl groups is 1. The van der Waals surface area contributed by atoms with E-state index in [2.05, 4.69) is 26.0 Å². The van der Waals surface area contributed by atoms with E-state index in [0.29, 0.717) is 36.7 Å². The van der Waals surface area contributed by atoms with Crippen LogP contribution in [0.15, 0.2) is 24.4 Å². The Hall–Kier alpha value is -4.31. The van der Waals surface area contributed by atoms with Crippen LogP contribution >= 0.6 is 11.3 Å². The lowest BCUT2D eigenvalue weighted by molar-refractivity contribution is 0.0636. The van der Waals surface area contributed by atoms with Crippen LogP contribution in [0.4, 0.5) is 34.9 Å². The predicted octanol–water partition coefficient (Wildman–Crippen LogP) is 4.02. The zero-order valence-electron chi connectivity index (χ0n) is 23.3. The molecule has 0 aliphatic carbocycles. The van der Waals surface area contributed by atoms with E-state index in [1.165, 1.54) is 16.9 Å². The number of carbonyl (C=O) groups is 3. The summed E-state index contributed by atoms with van der Waals surface area (Å²) in [6.45, 7) is 5.62. The third-order valence-electron chi connectivity index (χ3n) is 6.27. The summed E-state index contributed by atoms with van der Waals surface area (Å²) in [5.74, 6) is -2.11. The first kappa shape index (κ1) is 30.6. The van der Waals surface area contributed by atoms with Crippen molar-refractivity contribution >= 4 is 45.9 Å². The zero-order chi connectivity index (χ0) is 30.8. The summed E-state index contributed by atoms with van der Waals surface area (Å²) in [6.07, 6.45) is -1.11. The minimum absolute atomic E-state index is 0.0923. The van der Waals surface area contributed by atoms with E-state index in [1.54, 1.807) is 27.8 Å². The maximum Gasteiger partial charge on any atom is 0.412 e. The Morgan fingerprint density at radius 1 is 1.12 bits per heavy atom. The highest BCUT2D eigenvalue weighted by atomic mass is 32.1. The van der Waals surface area contributed by atoms with Crippen molar-refractivity contribution in [1.82, 2.24) is 20.1 Å². The smallest absolute Gasteiger partial charge is 0.412 e. The molecule has 2 atom stereocenters. The lowest BCUT2D eigenvalue weighted by Gasteiger charge is -2.24. The summed E-state index contributed by atoms with van der Waals surface area (Å²) < 4.78 is 35.9. The van der Waals surface area contributed by atoms with Gasteiger partial charge >= 0.3 is 12.2 Å². The molecule has 4 rings (SSSR count). The largest absolute Gasteiger partial charge is 0.465 e. The molecular formula is C26H31F2N7O6S. The van der Waals surface area contributed by atoms with Crippen molar-refractivity contribution in [3.05, 3.63) is 41.7 Å². The SMILES string of the molecule is Cn1ncc(NC(=O)c2nc(-c3c(F)cccc3F)sc2NC(=O)OC(C)(C)C)c1N1CC[C@H](O)[C@H](NC(=O)O)CC1. The number of aliphatic hydroxyl groups excluding tert-OH is 1. The summed E-state index contributed by atoms with van der Waals surface area (Å²) >= 11 is 0.702. The highest BCUT2D eigenvalue weighted by Gasteiger charge is 2.30. The maximum atomic E-state index is 14.6. The number of aromatic nitrogens is 3. The Labute approximate surface area is 243 Å². The molecule has 3 aromatic rings. The van der Waals surface area contributed by atoms with Crippen LogP contribution < -0.4 is 20.9 Å². The molecule has 226 valence electrons. The molecule has 0 unspecified atom stereocenters. The van der Waals surface area contributed by atoms with Crippen LogP contribution in [0.2, 0.25) is 0 Å². The van der Waals surface area contributed by atoms with Crippen LogP contribution in [-0.2, 0) is 11.8 Å². The number of ether oxygens (including phenoxy) is 1. The fourth-order valence-electron chi connectivity index (χ4n) is 4.47. The maximum absolute atomic E-state index is 14.6. The fourth-order valence-corrected chi connectivity index (χ4v) is 5.46. The number of amides is 3. The third kappa shape index (κ3) is 7.12. The van der Waals surface area contributed by atoms with Gasteiger partial charge in [-0.2, -0.15) is 5.10 Å². The van der Waals surface area contributed by atoms with Gasteiger partial charge in [-0.05, 0) is 45.7 Å². The third-order valence-corrected chi connectivity index (χ3v) is 7.25. The van der Waals surface area contributed by atoms with Gasteiger partial charge in [0, 0.05) is 20.1 Å². The van der Waals surface area contributed by atoms with Gasteiger partial charge in [-0.3, -0.25) is 14.8 Å². The van der Waals surface area contributed by atoms with Gasteiger partial charge in [-0.1, -0.05) is 17.4 Å². The van der Waals surface area contributed by atoms with Crippen molar-refractivity contribution in [2.75, 3.05) is 28.6 Å². The average molecular weight is 608 g/mol. The summed E-state index contributed by atoms with van der Waals surface area (Å²) in [5, 5.41) is 30.9. The van der Waals surface area contributed by atoms with Gasteiger partial charge in [0.25, 0.3) is 5.91 Å². The lowest BCUT2D eigenvalue weighted by Crippen LogP contribution is -2.42. The number of aryl methyl sites for hydroxylation is 1. The monoisotopic (exact) mass is 607 g/mol. The van der Waals surface area contributed by atoms with Crippen molar-refractivity contribution in [3.63, 3.8) is 0 Å². The minimum atomic E-state index is -1.24. The fraction of sp³-hybridized carbons (Fsp3) is 0.423. The summed E-state index contributed by atoms with van der Waals surface area (Å²) in [4.78, 5) is 43.2. The van der Waals surface area contributed by atoms with E-state index < -0.39 is 53.0 Å². The lowest BCUT2D eigenvalue weighted by atomic mass is 10.1. The second kappa shape index (κ2) is 12.3. The number of hydrogen-bond acceptors (Lipinski definition) is 9. The second-order valence-corrected chi connectivity index (χ2v) is 11.6. The average Bonchev–Trinajstić information content (AvgIpc) is 3.39. The van der Waals surface area contributed by atoms with Crippen molar-refractivity contribution in [2.45, 2.75) is 51.4 Å². The van der Waals surface area contributed by atoms with Crippen LogP contribution in [0.1, 0.15) is 44.1 Å². The van der Waals surface area contributed by atoms with Gasteiger partial charge in [0.15, 0.2) is 11.5 Å². The van der Waals surface area contributed by atoms with E-state index in [9.17, 15) is 28.3 Å². The summed E-state index contributed by atoms with van der Waals surface area (Å²) in [5.41, 5.74) is -1.36. The molecule has 2 aromatic heterocycles. The summed E-state index contributed by atoms with van der Waals surface area (Å²) in [7, 11) is 1.65. The number of anilines is 3. The Morgan fingerprint density at radius 2 is 1.79 bits per heavy atom. The number of rotatable bonds is 6. The van der Waals surface area contributed by atoms with Crippen LogP contribution in [0.25, 0.3) is 10.6 Å². The number of carboxylic acid groups (broad SMARTS) is 1. The van der Waals surface area contributed by atoms with Crippen LogP contribution in [0, 0.1) is 11.6 Å². The molecule has 13 nitrogen and oxygen atoms in total. The van der Waals surface area contributed by atoms with Crippen molar-refractivity contribution in [1.29, 1.82) is 0 Å². The molecule has 5 N–H and O–H groups in total. The molecular weight excluding hydrogens is 576 g/mol. The number of carbonyl (C=O) groups excluding carboxylic acids is 2. The van der Waals surface area contributed by atoms with E-state index in [0.717, 1.165) is 12.1 Å². The molecule has 0 radical (unpaired) electrons. The normalized spacial score (nSPS) is 17.4. The van der Waals surface area contributed by atoms with Gasteiger partial charge < -0.3 is 30.5 Å². The van der Waals surface area contributed by atoms with Crippen LogP contribution in [0.5, 0.6) is 0 Å². The number of benzene rings is 1. The Balaban J connectivity index is 1.64. The Kier molecular flexibility index (Phi) is 8.96. The minimum Gasteiger partial charge on any atom is -0.465 e. The highest BCUT2D eigenvalue weighted by molar-refractivity contribution is 7.19. The number of hydrogen-bond donors (Lipinski definition) is 5. The topological polar surface area (TPSA) is 171 Å². The molecule has 3 heterocycles. The molecule has 1 aliphatic heterocycles. The highest BCUT2D eigenvalue weighted by Crippen LogP contribution is 2.36. The molecule has 16 heteroatoms. The van der Waals surface area contributed by atoms with Gasteiger partial charge in [0.05, 0.1) is 23.9 Å². The predicted molar refractivity (Wildman–Crippen MR) is 151 cm³/mol.